The van der Waals surface area contributed by atoms with Crippen molar-refractivity contribution in [3.8, 4) is 11.5 Å². The second-order valence-electron chi connectivity index (χ2n) is 14.3. The molecule has 246 valence electrons. The molecule has 3 atom stereocenters. The van der Waals surface area contributed by atoms with Gasteiger partial charge in [0.25, 0.3) is 0 Å². The van der Waals surface area contributed by atoms with Crippen molar-refractivity contribution in [2.24, 2.45) is 17.8 Å². The summed E-state index contributed by atoms with van der Waals surface area (Å²) in [6, 6.07) is 14.6. The minimum Gasteiger partial charge on any atom is -0.494 e. The van der Waals surface area contributed by atoms with E-state index >= 15 is 0 Å². The van der Waals surface area contributed by atoms with Gasteiger partial charge in [0.1, 0.15) is 18.1 Å². The van der Waals surface area contributed by atoms with Crippen LogP contribution in [0.3, 0.4) is 0 Å². The number of hydrogen-bond donors (Lipinski definition) is 2. The molecule has 2 aromatic rings. The van der Waals surface area contributed by atoms with E-state index in [1.54, 1.807) is 7.11 Å². The molecule has 0 radical (unpaired) electrons. The molecule has 2 heterocycles. The molecule has 0 spiro atoms. The van der Waals surface area contributed by atoms with Crippen LogP contribution in [0.2, 0.25) is 0 Å². The zero-order valence-corrected chi connectivity index (χ0v) is 27.0. The summed E-state index contributed by atoms with van der Waals surface area (Å²) in [5.41, 5.74) is 3.47. The number of hydrogen-bond acceptors (Lipinski definition) is 8. The van der Waals surface area contributed by atoms with E-state index in [1.165, 1.54) is 38.5 Å². The zero-order valence-electron chi connectivity index (χ0n) is 27.0. The largest absolute Gasteiger partial charge is 0.494 e. The van der Waals surface area contributed by atoms with Crippen LogP contribution in [0, 0.1) is 17.8 Å². The second-order valence-corrected chi connectivity index (χ2v) is 14.3. The average molecular weight is 621 g/mol. The lowest BCUT2D eigenvalue weighted by Crippen LogP contribution is -2.52. The number of nitrogens with zero attached hydrogens (tertiary/aromatic N) is 1. The van der Waals surface area contributed by atoms with E-state index < -0.39 is 6.10 Å². The van der Waals surface area contributed by atoms with E-state index in [0.717, 1.165) is 85.2 Å². The number of anilines is 1. The molecule has 4 bridgehead atoms. The van der Waals surface area contributed by atoms with Gasteiger partial charge in [-0.3, -0.25) is 0 Å². The number of piperidine rings is 1. The number of fused-ring (bicyclic) bond motifs is 1. The number of nitrogens with one attached hydrogen (secondary N) is 1. The average Bonchev–Trinajstić information content (AvgIpc) is 3.03. The molecule has 8 nitrogen and oxygen atoms in total. The van der Waals surface area contributed by atoms with Gasteiger partial charge in [0.05, 0.1) is 49.9 Å². The van der Waals surface area contributed by atoms with Crippen molar-refractivity contribution in [1.82, 2.24) is 5.32 Å². The summed E-state index contributed by atoms with van der Waals surface area (Å²) in [5.74, 6) is 4.41. The fourth-order valence-electron chi connectivity index (χ4n) is 9.25. The Morgan fingerprint density at radius 2 is 1.71 bits per heavy atom. The lowest BCUT2D eigenvalue weighted by molar-refractivity contribution is -0.163. The number of ether oxygens (including phenoxy) is 5. The van der Waals surface area contributed by atoms with E-state index in [-0.39, 0.29) is 17.6 Å². The van der Waals surface area contributed by atoms with Gasteiger partial charge < -0.3 is 39.0 Å². The number of aliphatic hydroxyl groups is 1. The fourth-order valence-corrected chi connectivity index (χ4v) is 9.25. The summed E-state index contributed by atoms with van der Waals surface area (Å²) in [7, 11) is 1.75. The molecule has 2 aromatic carbocycles. The summed E-state index contributed by atoms with van der Waals surface area (Å²) in [5, 5.41) is 14.4. The Kier molecular flexibility index (Phi) is 9.85. The molecular formula is C37H52N2O6. The van der Waals surface area contributed by atoms with Gasteiger partial charge in [-0.15, -0.1) is 0 Å². The number of rotatable bonds is 14. The number of methoxy groups -OCH3 is 1. The zero-order chi connectivity index (χ0) is 30.6. The molecule has 6 aliphatic rings. The van der Waals surface area contributed by atoms with Crippen LogP contribution in [0.15, 0.2) is 42.5 Å². The van der Waals surface area contributed by atoms with Crippen molar-refractivity contribution in [2.45, 2.75) is 81.7 Å². The van der Waals surface area contributed by atoms with Crippen molar-refractivity contribution >= 4 is 5.69 Å². The Morgan fingerprint density at radius 1 is 0.933 bits per heavy atom. The van der Waals surface area contributed by atoms with Gasteiger partial charge >= 0.3 is 0 Å². The third-order valence-electron chi connectivity index (χ3n) is 11.0. The van der Waals surface area contributed by atoms with Crippen molar-refractivity contribution in [3.05, 3.63) is 53.6 Å². The highest BCUT2D eigenvalue weighted by molar-refractivity contribution is 5.61. The lowest BCUT2D eigenvalue weighted by Gasteiger charge is -2.56. The standard InChI is InChI=1S/C37H52N2O6/c1-41-12-2-10-39-11-15-43-34-9-4-26(19-32(34)39)25-44-35-24-38-23-33(40)36(35)30-5-7-31(8-6-30)42-13-3-14-45-37-20-27-16-28(21-37)18-29(17-27)22-37/h4-9,19,27-29,33,35-36,38,40H,2-3,10-18,20-25H2,1H3/t27?,28?,29?,33-,35+,36+,37?/m1/s1. The third kappa shape index (κ3) is 7.31. The first-order valence-electron chi connectivity index (χ1n) is 17.4. The maximum absolute atomic E-state index is 11.0. The Bertz CT molecular complexity index is 1220. The summed E-state index contributed by atoms with van der Waals surface area (Å²) < 4.78 is 30.3. The van der Waals surface area contributed by atoms with E-state index in [9.17, 15) is 5.11 Å². The minimum atomic E-state index is -0.523. The molecule has 0 aromatic heterocycles. The monoisotopic (exact) mass is 620 g/mol. The molecule has 2 aliphatic heterocycles. The highest BCUT2D eigenvalue weighted by Gasteiger charge is 2.51. The third-order valence-corrected chi connectivity index (χ3v) is 11.0. The van der Waals surface area contributed by atoms with Crippen molar-refractivity contribution in [1.29, 1.82) is 0 Å². The van der Waals surface area contributed by atoms with Crippen molar-refractivity contribution < 1.29 is 28.8 Å². The quantitative estimate of drug-likeness (QED) is 0.275. The van der Waals surface area contributed by atoms with Crippen LogP contribution in [0.5, 0.6) is 11.5 Å². The second kappa shape index (κ2) is 14.2. The highest BCUT2D eigenvalue weighted by Crippen LogP contribution is 2.57. The van der Waals surface area contributed by atoms with Gasteiger partial charge in [-0.1, -0.05) is 18.2 Å². The molecule has 0 amide bonds. The molecular weight excluding hydrogens is 568 g/mol. The molecule has 4 aliphatic carbocycles. The van der Waals surface area contributed by atoms with Crippen molar-refractivity contribution in [2.75, 3.05) is 64.6 Å². The normalized spacial score (nSPS) is 31.9. The van der Waals surface area contributed by atoms with Gasteiger partial charge in [0.15, 0.2) is 0 Å². The smallest absolute Gasteiger partial charge is 0.142 e. The minimum absolute atomic E-state index is 0.111. The Morgan fingerprint density at radius 3 is 2.47 bits per heavy atom. The van der Waals surface area contributed by atoms with Gasteiger partial charge in [-0.05, 0) is 98.1 Å². The lowest BCUT2D eigenvalue weighted by atomic mass is 9.54. The maximum Gasteiger partial charge on any atom is 0.142 e. The summed E-state index contributed by atoms with van der Waals surface area (Å²) >= 11 is 0. The Labute approximate surface area is 268 Å². The number of β-amino-alcohol motifs (C(OH)–C–C–N with tert-alkyl or cyclic N) is 1. The number of benzene rings is 2. The molecule has 0 unspecified atom stereocenters. The summed E-state index contributed by atoms with van der Waals surface area (Å²) in [6.45, 7) is 6.42. The van der Waals surface area contributed by atoms with E-state index in [4.69, 9.17) is 23.7 Å². The molecule has 5 fully saturated rings. The van der Waals surface area contributed by atoms with Gasteiger partial charge in [0.2, 0.25) is 0 Å². The van der Waals surface area contributed by atoms with E-state index in [0.29, 0.717) is 32.9 Å². The highest BCUT2D eigenvalue weighted by atomic mass is 16.5. The van der Waals surface area contributed by atoms with E-state index in [1.807, 2.05) is 12.1 Å². The first kappa shape index (κ1) is 31.3. The number of aliphatic hydroxyl groups excluding tert-OH is 1. The SMILES string of the molecule is COCCCN1CCOc2ccc(CO[C@H]3CNC[C@@H](O)[C@@H]3c3ccc(OCCCOC45CC6CC(CC(C6)C4)C5)cc3)cc21. The van der Waals surface area contributed by atoms with Gasteiger partial charge in [0, 0.05) is 45.7 Å². The predicted octanol–water partition coefficient (Wildman–Crippen LogP) is 5.31. The first-order valence-corrected chi connectivity index (χ1v) is 17.4. The van der Waals surface area contributed by atoms with E-state index in [2.05, 4.69) is 40.5 Å². The van der Waals surface area contributed by atoms with Crippen LogP contribution < -0.4 is 19.7 Å². The topological polar surface area (TPSA) is 81.7 Å². The van der Waals surface area contributed by atoms with Crippen LogP contribution in [0.4, 0.5) is 5.69 Å². The first-order chi connectivity index (χ1) is 22.1. The summed E-state index contributed by atoms with van der Waals surface area (Å²) in [4.78, 5) is 2.37. The van der Waals surface area contributed by atoms with Crippen LogP contribution in [0.1, 0.15) is 68.4 Å². The molecule has 8 rings (SSSR count). The fraction of sp³-hybridized carbons (Fsp3) is 0.676. The molecule has 8 heteroatoms. The molecule has 45 heavy (non-hydrogen) atoms. The summed E-state index contributed by atoms with van der Waals surface area (Å²) in [6.07, 6.45) is 9.40. The van der Waals surface area contributed by atoms with Gasteiger partial charge in [-0.25, -0.2) is 0 Å². The van der Waals surface area contributed by atoms with Crippen LogP contribution in [-0.2, 0) is 20.8 Å². The molecule has 1 saturated heterocycles. The van der Waals surface area contributed by atoms with Crippen LogP contribution >= 0.6 is 0 Å². The van der Waals surface area contributed by atoms with Crippen molar-refractivity contribution in [3.63, 3.8) is 0 Å². The van der Waals surface area contributed by atoms with Gasteiger partial charge in [-0.2, -0.15) is 0 Å². The Balaban J connectivity index is 0.903. The maximum atomic E-state index is 11.0. The van der Waals surface area contributed by atoms with Crippen LogP contribution in [0.25, 0.3) is 0 Å². The Hall–Kier alpha value is -2.36. The predicted molar refractivity (Wildman–Crippen MR) is 174 cm³/mol. The molecule has 2 N–H and O–H groups in total. The van der Waals surface area contributed by atoms with Crippen LogP contribution in [-0.4, -0.2) is 82.6 Å². The molecule has 4 saturated carbocycles.